The van der Waals surface area contributed by atoms with Gasteiger partial charge in [0.15, 0.2) is 17.3 Å². The van der Waals surface area contributed by atoms with Crippen molar-refractivity contribution in [3.05, 3.63) is 102 Å². The third kappa shape index (κ3) is 6.43. The van der Waals surface area contributed by atoms with Gasteiger partial charge in [-0.1, -0.05) is 24.3 Å². The van der Waals surface area contributed by atoms with Crippen LogP contribution in [-0.4, -0.2) is 40.5 Å². The van der Waals surface area contributed by atoms with Crippen molar-refractivity contribution in [2.24, 2.45) is 0 Å². The van der Waals surface area contributed by atoms with Crippen LogP contribution in [0.4, 0.5) is 26.2 Å². The van der Waals surface area contributed by atoms with Gasteiger partial charge < -0.3 is 29.2 Å². The standard InChI is InChI=1S/C32H28F2N6O4/c1-20-36-30(26-5-4-16-35-29(26)38-23-10-15-27-28(17-23)44-32(33,34)43-27)39-31(37-20)40(18-21-6-11-24(41-2)12-7-21)19-22-8-13-25(42-3)14-9-22/h4-17H,18-19H2,1-3H3,(H,35,38). The molecule has 0 radical (unpaired) electrons. The van der Waals surface area contributed by atoms with Crippen LogP contribution in [0, 0.1) is 6.92 Å². The Morgan fingerprint density at radius 3 is 2.07 bits per heavy atom. The quantitative estimate of drug-likeness (QED) is 0.191. The first-order valence-electron chi connectivity index (χ1n) is 13.6. The molecule has 1 aliphatic rings. The second-order valence-electron chi connectivity index (χ2n) is 9.91. The van der Waals surface area contributed by atoms with Crippen molar-refractivity contribution < 1.29 is 27.7 Å². The molecule has 0 saturated carbocycles. The SMILES string of the molecule is COc1ccc(CN(Cc2ccc(OC)cc2)c2nc(C)nc(-c3cccnc3Nc3ccc4c(c3)OC(F)(F)O4)n2)cc1. The van der Waals surface area contributed by atoms with Gasteiger partial charge in [0.1, 0.15) is 23.1 Å². The summed E-state index contributed by atoms with van der Waals surface area (Å²) in [5.74, 6) is 3.20. The highest BCUT2D eigenvalue weighted by Crippen LogP contribution is 2.43. The summed E-state index contributed by atoms with van der Waals surface area (Å²) in [5.41, 5.74) is 3.14. The molecule has 1 aliphatic heterocycles. The smallest absolute Gasteiger partial charge is 0.497 e. The fourth-order valence-corrected chi connectivity index (χ4v) is 4.68. The molecule has 0 unspecified atom stereocenters. The molecular formula is C32H28F2N6O4. The van der Waals surface area contributed by atoms with E-state index < -0.39 is 6.29 Å². The van der Waals surface area contributed by atoms with Gasteiger partial charge in [0.2, 0.25) is 5.95 Å². The van der Waals surface area contributed by atoms with Crippen LogP contribution in [0.15, 0.2) is 85.1 Å². The molecule has 0 amide bonds. The molecule has 0 saturated heterocycles. The van der Waals surface area contributed by atoms with Gasteiger partial charge in [0.25, 0.3) is 0 Å². The second kappa shape index (κ2) is 12.0. The Hall–Kier alpha value is -5.52. The van der Waals surface area contributed by atoms with Gasteiger partial charge in [0.05, 0.1) is 19.8 Å². The predicted octanol–water partition coefficient (Wildman–Crippen LogP) is 6.53. The fourth-order valence-electron chi connectivity index (χ4n) is 4.68. The molecule has 0 atom stereocenters. The molecule has 44 heavy (non-hydrogen) atoms. The molecule has 12 heteroatoms. The lowest BCUT2D eigenvalue weighted by molar-refractivity contribution is -0.286. The van der Waals surface area contributed by atoms with Gasteiger partial charge in [-0.3, -0.25) is 0 Å². The molecule has 2 aromatic heterocycles. The number of methoxy groups -OCH3 is 2. The zero-order valence-corrected chi connectivity index (χ0v) is 24.1. The molecule has 224 valence electrons. The van der Waals surface area contributed by atoms with Crippen molar-refractivity contribution in [1.29, 1.82) is 0 Å². The summed E-state index contributed by atoms with van der Waals surface area (Å²) in [5, 5.41) is 3.17. The minimum atomic E-state index is -3.71. The molecule has 0 spiro atoms. The highest BCUT2D eigenvalue weighted by atomic mass is 19.3. The minimum Gasteiger partial charge on any atom is -0.497 e. The molecule has 10 nitrogen and oxygen atoms in total. The van der Waals surface area contributed by atoms with Gasteiger partial charge in [0, 0.05) is 31.0 Å². The van der Waals surface area contributed by atoms with Crippen molar-refractivity contribution in [2.75, 3.05) is 24.4 Å². The summed E-state index contributed by atoms with van der Waals surface area (Å²) < 4.78 is 46.9. The zero-order chi connectivity index (χ0) is 30.7. The van der Waals surface area contributed by atoms with Crippen molar-refractivity contribution >= 4 is 17.5 Å². The largest absolute Gasteiger partial charge is 0.586 e. The fraction of sp³-hybridized carbons (Fsp3) is 0.188. The van der Waals surface area contributed by atoms with Gasteiger partial charge in [-0.05, 0) is 66.6 Å². The number of benzene rings is 3. The number of halogens is 2. The van der Waals surface area contributed by atoms with E-state index in [0.29, 0.717) is 47.8 Å². The van der Waals surface area contributed by atoms with E-state index in [2.05, 4.69) is 29.7 Å². The molecule has 5 aromatic rings. The molecule has 0 aliphatic carbocycles. The first-order valence-corrected chi connectivity index (χ1v) is 13.6. The molecule has 0 fully saturated rings. The monoisotopic (exact) mass is 598 g/mol. The molecule has 3 aromatic carbocycles. The number of alkyl halides is 2. The number of fused-ring (bicyclic) bond motifs is 1. The highest BCUT2D eigenvalue weighted by molar-refractivity contribution is 5.75. The topological polar surface area (TPSA) is 104 Å². The van der Waals surface area contributed by atoms with E-state index in [1.54, 1.807) is 39.5 Å². The van der Waals surface area contributed by atoms with Gasteiger partial charge in [-0.2, -0.15) is 9.97 Å². The average Bonchev–Trinajstić information content (AvgIpc) is 3.34. The Morgan fingerprint density at radius 1 is 0.795 bits per heavy atom. The van der Waals surface area contributed by atoms with Crippen LogP contribution in [0.1, 0.15) is 17.0 Å². The summed E-state index contributed by atoms with van der Waals surface area (Å²) in [6.07, 6.45) is -2.10. The third-order valence-electron chi connectivity index (χ3n) is 6.80. The van der Waals surface area contributed by atoms with Crippen LogP contribution in [0.3, 0.4) is 0 Å². The molecule has 0 bridgehead atoms. The maximum atomic E-state index is 13.6. The van der Waals surface area contributed by atoms with E-state index >= 15 is 0 Å². The number of nitrogens with one attached hydrogen (secondary N) is 1. The van der Waals surface area contributed by atoms with E-state index in [0.717, 1.165) is 22.6 Å². The van der Waals surface area contributed by atoms with Crippen LogP contribution in [-0.2, 0) is 13.1 Å². The number of ether oxygens (including phenoxy) is 4. The Balaban J connectivity index is 1.33. The number of hydrogen-bond acceptors (Lipinski definition) is 10. The lowest BCUT2D eigenvalue weighted by atomic mass is 10.1. The number of aryl methyl sites for hydroxylation is 1. The summed E-state index contributed by atoms with van der Waals surface area (Å²) in [6, 6.07) is 23.7. The van der Waals surface area contributed by atoms with Gasteiger partial charge in [-0.25, -0.2) is 9.97 Å². The Kier molecular flexibility index (Phi) is 7.80. The molecule has 6 rings (SSSR count). The van der Waals surface area contributed by atoms with Crippen LogP contribution < -0.4 is 29.2 Å². The van der Waals surface area contributed by atoms with Crippen molar-refractivity contribution in [1.82, 2.24) is 19.9 Å². The Labute approximate surface area is 252 Å². The van der Waals surface area contributed by atoms with Crippen LogP contribution in [0.5, 0.6) is 23.0 Å². The van der Waals surface area contributed by atoms with E-state index in [1.807, 2.05) is 54.6 Å². The van der Waals surface area contributed by atoms with E-state index in [1.165, 1.54) is 12.1 Å². The zero-order valence-electron chi connectivity index (χ0n) is 24.1. The second-order valence-corrected chi connectivity index (χ2v) is 9.91. The van der Waals surface area contributed by atoms with E-state index in [-0.39, 0.29) is 11.5 Å². The normalized spacial score (nSPS) is 12.9. The van der Waals surface area contributed by atoms with Crippen molar-refractivity contribution in [3.63, 3.8) is 0 Å². The third-order valence-corrected chi connectivity index (χ3v) is 6.80. The van der Waals surface area contributed by atoms with Crippen LogP contribution >= 0.6 is 0 Å². The highest BCUT2D eigenvalue weighted by Gasteiger charge is 2.43. The Bertz CT molecular complexity index is 1720. The lowest BCUT2D eigenvalue weighted by Crippen LogP contribution is -2.25. The number of nitrogens with zero attached hydrogens (tertiary/aromatic N) is 5. The van der Waals surface area contributed by atoms with Gasteiger partial charge >= 0.3 is 6.29 Å². The summed E-state index contributed by atoms with van der Waals surface area (Å²) in [7, 11) is 3.26. The Morgan fingerprint density at radius 2 is 1.43 bits per heavy atom. The number of rotatable bonds is 10. The van der Waals surface area contributed by atoms with E-state index in [4.69, 9.17) is 19.4 Å². The molecule has 3 heterocycles. The first-order chi connectivity index (χ1) is 21.3. The van der Waals surface area contributed by atoms with E-state index in [9.17, 15) is 8.78 Å². The average molecular weight is 599 g/mol. The number of anilines is 3. The number of pyridine rings is 1. The minimum absolute atomic E-state index is 0.0478. The first kappa shape index (κ1) is 28.6. The maximum Gasteiger partial charge on any atom is 0.586 e. The molecule has 1 N–H and O–H groups in total. The van der Waals surface area contributed by atoms with Crippen LogP contribution in [0.25, 0.3) is 11.4 Å². The summed E-state index contributed by atoms with van der Waals surface area (Å²) >= 11 is 0. The maximum absolute atomic E-state index is 13.6. The lowest BCUT2D eigenvalue weighted by Gasteiger charge is -2.24. The summed E-state index contributed by atoms with van der Waals surface area (Å²) in [6.45, 7) is 2.83. The van der Waals surface area contributed by atoms with Crippen LogP contribution in [0.2, 0.25) is 0 Å². The predicted molar refractivity (Wildman–Crippen MR) is 160 cm³/mol. The van der Waals surface area contributed by atoms with Gasteiger partial charge in [-0.15, -0.1) is 8.78 Å². The summed E-state index contributed by atoms with van der Waals surface area (Å²) in [4.78, 5) is 20.7. The van der Waals surface area contributed by atoms with Crippen molar-refractivity contribution in [3.8, 4) is 34.4 Å². The number of hydrogen-bond donors (Lipinski definition) is 1. The molecular weight excluding hydrogens is 570 g/mol. The van der Waals surface area contributed by atoms with Crippen molar-refractivity contribution in [2.45, 2.75) is 26.3 Å². The number of aromatic nitrogens is 4.